The molecular formula is C41H30IrN3O. The average Bonchev–Trinajstić information content (AvgIpc) is 3.49. The molecule has 4 aromatic carbocycles. The topological polar surface area (TPSA) is 51.8 Å². The Morgan fingerprint density at radius 1 is 0.500 bits per heavy atom. The third-order valence-corrected chi connectivity index (χ3v) is 7.01. The van der Waals surface area contributed by atoms with Crippen LogP contribution in [0, 0.1) is 32.0 Å². The van der Waals surface area contributed by atoms with Gasteiger partial charge in [0, 0.05) is 23.0 Å². The van der Waals surface area contributed by atoms with E-state index in [9.17, 15) is 0 Å². The summed E-state index contributed by atoms with van der Waals surface area (Å²) in [5.74, 6) is 0. The second-order valence-corrected chi connectivity index (χ2v) is 10.3. The zero-order chi connectivity index (χ0) is 30.8. The minimum absolute atomic E-state index is 0. The van der Waals surface area contributed by atoms with Crippen LogP contribution in [-0.4, -0.2) is 15.0 Å². The van der Waals surface area contributed by atoms with Gasteiger partial charge >= 0.3 is 20.1 Å². The van der Waals surface area contributed by atoms with Crippen molar-refractivity contribution < 1.29 is 24.5 Å². The summed E-state index contributed by atoms with van der Waals surface area (Å²) in [5, 5.41) is 2.23. The third kappa shape index (κ3) is 7.89. The Labute approximate surface area is 283 Å². The smallest absolute Gasteiger partial charge is 0.501 e. The van der Waals surface area contributed by atoms with E-state index < -0.39 is 0 Å². The normalized spacial score (nSPS) is 10.2. The van der Waals surface area contributed by atoms with Crippen LogP contribution < -0.4 is 0 Å². The molecule has 5 heteroatoms. The summed E-state index contributed by atoms with van der Waals surface area (Å²) in [7, 11) is 0. The predicted molar refractivity (Wildman–Crippen MR) is 182 cm³/mol. The van der Waals surface area contributed by atoms with Gasteiger partial charge in [0.2, 0.25) is 0 Å². The minimum Gasteiger partial charge on any atom is -0.501 e. The van der Waals surface area contributed by atoms with Crippen LogP contribution in [0.2, 0.25) is 0 Å². The maximum absolute atomic E-state index is 5.97. The number of benzene rings is 4. The molecule has 224 valence electrons. The molecule has 0 bridgehead atoms. The summed E-state index contributed by atoms with van der Waals surface area (Å²) in [6.45, 7) is 3.98. The molecule has 4 nitrogen and oxygen atoms in total. The minimum atomic E-state index is 0. The van der Waals surface area contributed by atoms with Gasteiger partial charge in [-0.05, 0) is 55.2 Å². The van der Waals surface area contributed by atoms with E-state index in [-0.39, 0.29) is 20.1 Å². The van der Waals surface area contributed by atoms with Crippen LogP contribution in [0.4, 0.5) is 0 Å². The van der Waals surface area contributed by atoms with Crippen molar-refractivity contribution >= 4 is 21.9 Å². The molecule has 4 heterocycles. The molecule has 0 aliphatic carbocycles. The van der Waals surface area contributed by atoms with Gasteiger partial charge in [-0.3, -0.25) is 0 Å². The van der Waals surface area contributed by atoms with Gasteiger partial charge in [0.15, 0.2) is 0 Å². The Kier molecular flexibility index (Phi) is 11.0. The fourth-order valence-electron chi connectivity index (χ4n) is 4.88. The molecule has 0 fully saturated rings. The van der Waals surface area contributed by atoms with Gasteiger partial charge in [-0.1, -0.05) is 65.5 Å². The van der Waals surface area contributed by atoms with E-state index in [1.807, 2.05) is 147 Å². The van der Waals surface area contributed by atoms with Crippen molar-refractivity contribution in [1.29, 1.82) is 0 Å². The SMILES string of the molecule is Cc1cccc(-c2[c-]cccc2)n1.Cc1cccc(-c2[c-]cccc2)n1.[Ir+3].[c-]1ccc2c(oc3ccccc32)c1-c1ccccn1. The van der Waals surface area contributed by atoms with Gasteiger partial charge in [-0.15, -0.1) is 90.0 Å². The van der Waals surface area contributed by atoms with Crippen molar-refractivity contribution in [3.63, 3.8) is 0 Å². The van der Waals surface area contributed by atoms with Gasteiger partial charge in [-0.25, -0.2) is 0 Å². The van der Waals surface area contributed by atoms with Crippen LogP contribution in [0.15, 0.2) is 150 Å². The van der Waals surface area contributed by atoms with Crippen LogP contribution in [0.25, 0.3) is 55.7 Å². The zero-order valence-corrected chi connectivity index (χ0v) is 27.8. The van der Waals surface area contributed by atoms with E-state index in [4.69, 9.17) is 4.42 Å². The Hall–Kier alpha value is -5.22. The molecule has 0 saturated carbocycles. The van der Waals surface area contributed by atoms with Gasteiger partial charge in [0.25, 0.3) is 0 Å². The first kappa shape index (κ1) is 32.2. The Bertz CT molecular complexity index is 2050. The first-order valence-corrected chi connectivity index (χ1v) is 14.7. The summed E-state index contributed by atoms with van der Waals surface area (Å²) < 4.78 is 5.97. The van der Waals surface area contributed by atoms with E-state index in [1.165, 1.54) is 0 Å². The van der Waals surface area contributed by atoms with E-state index in [0.717, 1.165) is 67.1 Å². The van der Waals surface area contributed by atoms with Crippen LogP contribution in [0.5, 0.6) is 0 Å². The first-order chi connectivity index (χ1) is 22.2. The van der Waals surface area contributed by atoms with Crippen LogP contribution in [-0.2, 0) is 20.1 Å². The van der Waals surface area contributed by atoms with E-state index in [0.29, 0.717) is 0 Å². The molecule has 8 rings (SSSR count). The van der Waals surface area contributed by atoms with Crippen LogP contribution in [0.1, 0.15) is 11.4 Å². The molecule has 46 heavy (non-hydrogen) atoms. The number of fused-ring (bicyclic) bond motifs is 3. The first-order valence-electron chi connectivity index (χ1n) is 14.7. The average molecular weight is 773 g/mol. The van der Waals surface area contributed by atoms with E-state index >= 15 is 0 Å². The van der Waals surface area contributed by atoms with E-state index in [1.54, 1.807) is 6.20 Å². The largest absolute Gasteiger partial charge is 3.00 e. The molecule has 0 N–H and O–H groups in total. The summed E-state index contributed by atoms with van der Waals surface area (Å²) in [6.07, 6.45) is 1.78. The summed E-state index contributed by atoms with van der Waals surface area (Å²) in [5.41, 5.74) is 9.68. The number of rotatable bonds is 3. The quantitative estimate of drug-likeness (QED) is 0.168. The standard InChI is InChI=1S/C17H10NO.2C12H10N.Ir/c1-2-10-16-12(6-1)13-7-5-8-14(17(13)19-16)15-9-3-4-11-18-15;2*1-10-6-5-9-12(13-10)11-7-3-2-4-8-11;/h1-7,9-11H;2*2-7,9H,1H3;/q3*-1;+3. The van der Waals surface area contributed by atoms with Crippen molar-refractivity contribution in [2.45, 2.75) is 13.8 Å². The van der Waals surface area contributed by atoms with Gasteiger partial charge in [0.05, 0.1) is 5.58 Å². The molecule has 0 aliphatic rings. The molecule has 0 aliphatic heterocycles. The predicted octanol–water partition coefficient (Wildman–Crippen LogP) is 10.2. The monoisotopic (exact) mass is 773 g/mol. The van der Waals surface area contributed by atoms with E-state index in [2.05, 4.69) is 39.2 Å². The number of aryl methyl sites for hydroxylation is 2. The molecule has 0 amide bonds. The Morgan fingerprint density at radius 3 is 1.65 bits per heavy atom. The molecule has 4 aromatic heterocycles. The maximum Gasteiger partial charge on any atom is 3.00 e. The van der Waals surface area contributed by atoms with Crippen molar-refractivity contribution in [3.05, 3.63) is 175 Å². The molecule has 8 aromatic rings. The fraction of sp³-hybridized carbons (Fsp3) is 0.0488. The zero-order valence-electron chi connectivity index (χ0n) is 25.4. The van der Waals surface area contributed by atoms with Gasteiger partial charge < -0.3 is 19.4 Å². The van der Waals surface area contributed by atoms with Crippen LogP contribution in [0.3, 0.4) is 0 Å². The molecule has 0 radical (unpaired) electrons. The third-order valence-electron chi connectivity index (χ3n) is 7.01. The summed E-state index contributed by atoms with van der Waals surface area (Å²) in [4.78, 5) is 13.2. The second kappa shape index (κ2) is 15.7. The molecule has 0 saturated heterocycles. The maximum atomic E-state index is 5.97. The number of hydrogen-bond acceptors (Lipinski definition) is 4. The van der Waals surface area contributed by atoms with Gasteiger partial charge in [0.1, 0.15) is 5.58 Å². The number of furan rings is 1. The summed E-state index contributed by atoms with van der Waals surface area (Å²) in [6, 6.07) is 55.1. The van der Waals surface area contributed by atoms with Crippen molar-refractivity contribution in [1.82, 2.24) is 15.0 Å². The second-order valence-electron chi connectivity index (χ2n) is 10.3. The van der Waals surface area contributed by atoms with Crippen molar-refractivity contribution in [3.8, 4) is 33.8 Å². The number of hydrogen-bond donors (Lipinski definition) is 0. The van der Waals surface area contributed by atoms with Crippen molar-refractivity contribution in [2.75, 3.05) is 0 Å². The summed E-state index contributed by atoms with van der Waals surface area (Å²) >= 11 is 0. The van der Waals surface area contributed by atoms with Gasteiger partial charge in [-0.2, -0.15) is 0 Å². The fourth-order valence-corrected chi connectivity index (χ4v) is 4.88. The number of aromatic nitrogens is 3. The molecular weight excluding hydrogens is 743 g/mol. The number of pyridine rings is 3. The number of nitrogens with zero attached hydrogens (tertiary/aromatic N) is 3. The van der Waals surface area contributed by atoms with Crippen LogP contribution >= 0.6 is 0 Å². The molecule has 0 unspecified atom stereocenters. The molecule has 0 atom stereocenters. The Balaban J connectivity index is 0.000000139. The Morgan fingerprint density at radius 2 is 1.09 bits per heavy atom. The number of para-hydroxylation sites is 1. The van der Waals surface area contributed by atoms with Crippen molar-refractivity contribution in [2.24, 2.45) is 0 Å². The molecule has 0 spiro atoms.